The second-order valence-electron chi connectivity index (χ2n) is 4.79. The van der Waals surface area contributed by atoms with Crippen LogP contribution in [0.25, 0.3) is 0 Å². The summed E-state index contributed by atoms with van der Waals surface area (Å²) in [4.78, 5) is 13.8. The summed E-state index contributed by atoms with van der Waals surface area (Å²) in [7, 11) is 1.92. The number of rotatable bonds is 9. The topological polar surface area (TPSA) is 52.6 Å². The molecule has 0 aromatic rings. The van der Waals surface area contributed by atoms with Gasteiger partial charge in [-0.25, -0.2) is 0 Å². The van der Waals surface area contributed by atoms with Crippen molar-refractivity contribution in [3.63, 3.8) is 0 Å². The minimum atomic E-state index is -0.308. The van der Waals surface area contributed by atoms with Gasteiger partial charge in [-0.2, -0.15) is 0 Å². The number of carbonyl (C=O) groups excluding carboxylic acids is 1. The Hall–Kier alpha value is -0.610. The van der Waals surface area contributed by atoms with Gasteiger partial charge in [0, 0.05) is 13.1 Å². The van der Waals surface area contributed by atoms with Crippen molar-refractivity contribution in [1.29, 1.82) is 0 Å². The zero-order valence-corrected chi connectivity index (χ0v) is 11.7. The predicted octanol–water partition coefficient (Wildman–Crippen LogP) is 1.38. The lowest BCUT2D eigenvalue weighted by Crippen LogP contribution is -2.44. The molecule has 2 N–H and O–H groups in total. The summed E-state index contributed by atoms with van der Waals surface area (Å²) < 4.78 is 0. The Kier molecular flexibility index (Phi) is 9.09. The molecule has 0 aliphatic rings. The van der Waals surface area contributed by atoms with Gasteiger partial charge < -0.3 is 10.4 Å². The van der Waals surface area contributed by atoms with E-state index in [2.05, 4.69) is 12.2 Å². The third-order valence-electron chi connectivity index (χ3n) is 3.02. The molecule has 0 saturated carbocycles. The first-order valence-electron chi connectivity index (χ1n) is 6.65. The molecular formula is C13H28N2O2. The second-order valence-corrected chi connectivity index (χ2v) is 4.79. The molecule has 0 radical (unpaired) electrons. The first-order chi connectivity index (χ1) is 7.99. The molecule has 0 fully saturated rings. The molecule has 2 unspecified atom stereocenters. The molecule has 0 rings (SSSR count). The van der Waals surface area contributed by atoms with E-state index >= 15 is 0 Å². The van der Waals surface area contributed by atoms with Crippen LogP contribution in [0.4, 0.5) is 0 Å². The van der Waals surface area contributed by atoms with Crippen LogP contribution in [0.15, 0.2) is 0 Å². The molecular weight excluding hydrogens is 216 g/mol. The van der Waals surface area contributed by atoms with Crippen LogP contribution in [0.1, 0.15) is 46.5 Å². The van der Waals surface area contributed by atoms with E-state index in [4.69, 9.17) is 0 Å². The fraction of sp³-hybridized carbons (Fsp3) is 0.923. The maximum absolute atomic E-state index is 11.8. The molecule has 0 aliphatic carbocycles. The fourth-order valence-electron chi connectivity index (χ4n) is 1.52. The third-order valence-corrected chi connectivity index (χ3v) is 3.02. The lowest BCUT2D eigenvalue weighted by Gasteiger charge is -2.24. The summed E-state index contributed by atoms with van der Waals surface area (Å²) in [5.41, 5.74) is 0. The molecule has 4 heteroatoms. The Morgan fingerprint density at radius 2 is 2.00 bits per heavy atom. The number of hydrogen-bond acceptors (Lipinski definition) is 3. The van der Waals surface area contributed by atoms with Crippen molar-refractivity contribution in [2.24, 2.45) is 0 Å². The van der Waals surface area contributed by atoms with Crippen molar-refractivity contribution in [3.8, 4) is 0 Å². The van der Waals surface area contributed by atoms with Crippen LogP contribution in [0, 0.1) is 0 Å². The Balaban J connectivity index is 3.78. The maximum Gasteiger partial charge on any atom is 0.237 e. The van der Waals surface area contributed by atoms with Crippen molar-refractivity contribution in [1.82, 2.24) is 10.2 Å². The van der Waals surface area contributed by atoms with Gasteiger partial charge >= 0.3 is 0 Å². The number of aliphatic hydroxyl groups is 1. The van der Waals surface area contributed by atoms with Crippen LogP contribution in [-0.4, -0.2) is 48.2 Å². The number of unbranched alkanes of at least 4 members (excludes halogenated alkanes) is 2. The van der Waals surface area contributed by atoms with Gasteiger partial charge in [0.25, 0.3) is 0 Å². The van der Waals surface area contributed by atoms with Crippen molar-refractivity contribution in [3.05, 3.63) is 0 Å². The van der Waals surface area contributed by atoms with Gasteiger partial charge in [-0.05, 0) is 33.7 Å². The molecule has 0 heterocycles. The summed E-state index contributed by atoms with van der Waals surface area (Å²) in [5, 5.41) is 12.1. The molecule has 4 nitrogen and oxygen atoms in total. The third kappa shape index (κ3) is 8.16. The molecule has 0 spiro atoms. The minimum Gasteiger partial charge on any atom is -0.393 e. The van der Waals surface area contributed by atoms with Crippen LogP contribution in [0.3, 0.4) is 0 Å². The highest BCUT2D eigenvalue weighted by Gasteiger charge is 2.17. The van der Waals surface area contributed by atoms with E-state index in [1.165, 1.54) is 6.42 Å². The van der Waals surface area contributed by atoms with Crippen molar-refractivity contribution < 1.29 is 9.90 Å². The lowest BCUT2D eigenvalue weighted by molar-refractivity contribution is -0.125. The summed E-state index contributed by atoms with van der Waals surface area (Å²) in [6, 6.07) is -0.129. The monoisotopic (exact) mass is 244 g/mol. The van der Waals surface area contributed by atoms with E-state index in [0.29, 0.717) is 6.42 Å². The number of carbonyl (C=O) groups is 1. The van der Waals surface area contributed by atoms with E-state index < -0.39 is 0 Å². The average molecular weight is 244 g/mol. The predicted molar refractivity (Wildman–Crippen MR) is 70.9 cm³/mol. The number of nitrogens with zero attached hydrogens (tertiary/aromatic N) is 1. The second kappa shape index (κ2) is 9.42. The quantitative estimate of drug-likeness (QED) is 0.603. The van der Waals surface area contributed by atoms with E-state index in [0.717, 1.165) is 25.9 Å². The molecule has 0 bridgehead atoms. The van der Waals surface area contributed by atoms with E-state index in [1.54, 1.807) is 6.92 Å². The highest BCUT2D eigenvalue weighted by molar-refractivity contribution is 5.81. The van der Waals surface area contributed by atoms with Crippen LogP contribution >= 0.6 is 0 Å². The number of nitrogens with one attached hydrogen (secondary N) is 1. The number of aliphatic hydroxyl groups excluding tert-OH is 1. The molecule has 0 aromatic carbocycles. The smallest absolute Gasteiger partial charge is 0.237 e. The van der Waals surface area contributed by atoms with Crippen LogP contribution in [-0.2, 0) is 4.79 Å². The van der Waals surface area contributed by atoms with E-state index in [9.17, 15) is 9.90 Å². The fourth-order valence-corrected chi connectivity index (χ4v) is 1.52. The van der Waals surface area contributed by atoms with Crippen molar-refractivity contribution in [2.75, 3.05) is 20.1 Å². The molecule has 1 amide bonds. The number of hydrogen-bond donors (Lipinski definition) is 2. The van der Waals surface area contributed by atoms with Crippen LogP contribution < -0.4 is 5.32 Å². The van der Waals surface area contributed by atoms with Gasteiger partial charge in [0.05, 0.1) is 12.1 Å². The largest absolute Gasteiger partial charge is 0.393 e. The van der Waals surface area contributed by atoms with Gasteiger partial charge in [-0.3, -0.25) is 9.69 Å². The SMILES string of the molecule is CCCCCNC(=O)C(C)N(C)CCC(C)O. The minimum absolute atomic E-state index is 0.0780. The molecule has 0 aromatic heterocycles. The number of amides is 1. The zero-order valence-electron chi connectivity index (χ0n) is 11.7. The van der Waals surface area contributed by atoms with E-state index in [1.807, 2.05) is 18.9 Å². The highest BCUT2D eigenvalue weighted by atomic mass is 16.3. The first-order valence-corrected chi connectivity index (χ1v) is 6.65. The van der Waals surface area contributed by atoms with Crippen LogP contribution in [0.5, 0.6) is 0 Å². The van der Waals surface area contributed by atoms with Crippen molar-refractivity contribution >= 4 is 5.91 Å². The molecule has 0 saturated heterocycles. The zero-order chi connectivity index (χ0) is 13.3. The van der Waals surface area contributed by atoms with E-state index in [-0.39, 0.29) is 18.1 Å². The number of likely N-dealkylation sites (N-methyl/N-ethyl adjacent to an activating group) is 1. The Labute approximate surface area is 105 Å². The normalized spacial score (nSPS) is 14.7. The molecule has 0 aliphatic heterocycles. The summed E-state index contributed by atoms with van der Waals surface area (Å²) in [6.07, 6.45) is 3.76. The Morgan fingerprint density at radius 3 is 2.53 bits per heavy atom. The van der Waals surface area contributed by atoms with Gasteiger partial charge in [-0.15, -0.1) is 0 Å². The molecule has 17 heavy (non-hydrogen) atoms. The van der Waals surface area contributed by atoms with Gasteiger partial charge in [0.1, 0.15) is 0 Å². The first kappa shape index (κ1) is 16.4. The van der Waals surface area contributed by atoms with Gasteiger partial charge in [-0.1, -0.05) is 19.8 Å². The standard InChI is InChI=1S/C13H28N2O2/c1-5-6-7-9-14-13(17)12(3)15(4)10-8-11(2)16/h11-12,16H,5-10H2,1-4H3,(H,14,17). The summed E-state index contributed by atoms with van der Waals surface area (Å²) >= 11 is 0. The maximum atomic E-state index is 11.8. The molecule has 2 atom stereocenters. The summed E-state index contributed by atoms with van der Waals surface area (Å²) in [6.45, 7) is 7.32. The van der Waals surface area contributed by atoms with Crippen molar-refractivity contribution in [2.45, 2.75) is 58.6 Å². The van der Waals surface area contributed by atoms with Gasteiger partial charge in [0.2, 0.25) is 5.91 Å². The molecule has 102 valence electrons. The van der Waals surface area contributed by atoms with Crippen LogP contribution in [0.2, 0.25) is 0 Å². The highest BCUT2D eigenvalue weighted by Crippen LogP contribution is 2.00. The summed E-state index contributed by atoms with van der Waals surface area (Å²) in [5.74, 6) is 0.0780. The average Bonchev–Trinajstić information content (AvgIpc) is 2.30. The Morgan fingerprint density at radius 1 is 1.35 bits per heavy atom. The Bertz CT molecular complexity index is 208. The lowest BCUT2D eigenvalue weighted by atomic mass is 10.2. The van der Waals surface area contributed by atoms with Gasteiger partial charge in [0.15, 0.2) is 0 Å².